The van der Waals surface area contributed by atoms with E-state index in [2.05, 4.69) is 5.10 Å². The van der Waals surface area contributed by atoms with E-state index in [1.807, 2.05) is 0 Å². The first-order chi connectivity index (χ1) is 13.5. The second kappa shape index (κ2) is 8.28. The summed E-state index contributed by atoms with van der Waals surface area (Å²) in [4.78, 5) is 24.6. The summed E-state index contributed by atoms with van der Waals surface area (Å²) < 4.78 is 15.7. The number of rotatable bonds is 6. The van der Waals surface area contributed by atoms with E-state index in [1.165, 1.54) is 38.8 Å². The number of carboxylic acids is 1. The first kappa shape index (κ1) is 19.6. The minimum absolute atomic E-state index is 0.0649. The van der Waals surface area contributed by atoms with Gasteiger partial charge in [-0.1, -0.05) is 17.8 Å². The van der Waals surface area contributed by atoms with Gasteiger partial charge in [0.15, 0.2) is 15.8 Å². The molecule has 1 aromatic carbocycles. The third-order valence-electron chi connectivity index (χ3n) is 3.70. The summed E-state index contributed by atoms with van der Waals surface area (Å²) in [5.41, 5.74) is 0.159. The van der Waals surface area contributed by atoms with Gasteiger partial charge in [0.25, 0.3) is 5.91 Å². The van der Waals surface area contributed by atoms with E-state index < -0.39 is 11.9 Å². The summed E-state index contributed by atoms with van der Waals surface area (Å²) in [6.45, 7) is 0. The standard InChI is InChI=1S/C18H14N2O6S2/c1-24-12-6-5-10(14(17(22)23)15(12)25-2)8-13-16(21)20(18(27)28-13)19-9-11-4-3-7-26-11/h3-9H,1-2H3,(H,22,23)/b13-8+,19-9+. The lowest BCUT2D eigenvalue weighted by Crippen LogP contribution is -2.22. The number of hydrogen-bond acceptors (Lipinski definition) is 8. The normalized spacial score (nSPS) is 15.6. The number of hydrazone groups is 1. The van der Waals surface area contributed by atoms with E-state index in [0.29, 0.717) is 5.76 Å². The number of methoxy groups -OCH3 is 2. The molecule has 0 aliphatic carbocycles. The van der Waals surface area contributed by atoms with Crippen LogP contribution in [0.3, 0.4) is 0 Å². The SMILES string of the molecule is COc1ccc(/C=C2/SC(=S)N(/N=C/c3ccco3)C2=O)c(C(=O)O)c1OC. The van der Waals surface area contributed by atoms with Crippen molar-refractivity contribution in [3.63, 3.8) is 0 Å². The fraction of sp³-hybridized carbons (Fsp3) is 0.111. The summed E-state index contributed by atoms with van der Waals surface area (Å²) in [7, 11) is 2.75. The topological polar surface area (TPSA) is 102 Å². The van der Waals surface area contributed by atoms with Gasteiger partial charge in [-0.25, -0.2) is 4.79 Å². The predicted octanol–water partition coefficient (Wildman–Crippen LogP) is 3.23. The molecule has 0 bridgehead atoms. The van der Waals surface area contributed by atoms with Gasteiger partial charge in [-0.15, -0.1) is 0 Å². The van der Waals surface area contributed by atoms with E-state index in [4.69, 9.17) is 26.1 Å². The lowest BCUT2D eigenvalue weighted by atomic mass is 10.0. The van der Waals surface area contributed by atoms with E-state index >= 15 is 0 Å². The molecule has 3 rings (SSSR count). The number of carboxylic acid groups (broad SMARTS) is 1. The Hall–Kier alpha value is -3.11. The largest absolute Gasteiger partial charge is 0.493 e. The summed E-state index contributed by atoms with van der Waals surface area (Å²) in [6, 6.07) is 6.46. The van der Waals surface area contributed by atoms with Gasteiger partial charge in [-0.05, 0) is 42.1 Å². The molecule has 144 valence electrons. The molecule has 0 atom stereocenters. The second-order valence-electron chi connectivity index (χ2n) is 5.32. The molecule has 0 unspecified atom stereocenters. The molecule has 2 heterocycles. The Bertz CT molecular complexity index is 998. The molecule has 1 amide bonds. The Morgan fingerprint density at radius 2 is 2.11 bits per heavy atom. The fourth-order valence-corrected chi connectivity index (χ4v) is 3.63. The number of nitrogens with zero attached hydrogens (tertiary/aromatic N) is 2. The average molecular weight is 418 g/mol. The van der Waals surface area contributed by atoms with Crippen molar-refractivity contribution in [1.82, 2.24) is 5.01 Å². The van der Waals surface area contributed by atoms with Crippen molar-refractivity contribution in [2.75, 3.05) is 14.2 Å². The molecule has 1 fully saturated rings. The molecule has 10 heteroatoms. The summed E-state index contributed by atoms with van der Waals surface area (Å²) in [5.74, 6) is -0.883. The first-order valence-corrected chi connectivity index (χ1v) is 9.02. The lowest BCUT2D eigenvalue weighted by molar-refractivity contribution is -0.122. The minimum atomic E-state index is -1.21. The van der Waals surface area contributed by atoms with Gasteiger partial charge in [0.05, 0.1) is 31.6 Å². The van der Waals surface area contributed by atoms with Crippen LogP contribution in [0.5, 0.6) is 11.5 Å². The van der Waals surface area contributed by atoms with Crippen LogP contribution in [0.15, 0.2) is 45.0 Å². The molecule has 1 aliphatic rings. The number of furan rings is 1. The molecule has 28 heavy (non-hydrogen) atoms. The van der Waals surface area contributed by atoms with E-state index in [-0.39, 0.29) is 31.9 Å². The molecule has 0 saturated carbocycles. The van der Waals surface area contributed by atoms with Gasteiger partial charge in [0.1, 0.15) is 11.3 Å². The maximum absolute atomic E-state index is 12.6. The van der Waals surface area contributed by atoms with Crippen LogP contribution in [0, 0.1) is 0 Å². The number of thioether (sulfide) groups is 1. The number of carbonyl (C=O) groups excluding carboxylic acids is 1. The van der Waals surface area contributed by atoms with Crippen molar-refractivity contribution < 1.29 is 28.6 Å². The maximum Gasteiger partial charge on any atom is 0.340 e. The van der Waals surface area contributed by atoms with E-state index in [1.54, 1.807) is 18.2 Å². The first-order valence-electron chi connectivity index (χ1n) is 7.80. The number of hydrogen-bond donors (Lipinski definition) is 1. The maximum atomic E-state index is 12.6. The number of amides is 1. The molecule has 2 aromatic rings. The molecule has 1 aromatic heterocycles. The molecular formula is C18H14N2O6S2. The smallest absolute Gasteiger partial charge is 0.340 e. The number of ether oxygens (including phenoxy) is 2. The highest BCUT2D eigenvalue weighted by Gasteiger charge is 2.33. The van der Waals surface area contributed by atoms with Gasteiger partial charge < -0.3 is 19.0 Å². The molecule has 8 nitrogen and oxygen atoms in total. The molecule has 0 radical (unpaired) electrons. The van der Waals surface area contributed by atoms with Crippen LogP contribution in [-0.2, 0) is 4.79 Å². The van der Waals surface area contributed by atoms with Gasteiger partial charge in [-0.3, -0.25) is 4.79 Å². The van der Waals surface area contributed by atoms with Crippen molar-refractivity contribution in [2.24, 2.45) is 5.10 Å². The quantitative estimate of drug-likeness (QED) is 0.433. The summed E-state index contributed by atoms with van der Waals surface area (Å²) >= 11 is 6.22. The van der Waals surface area contributed by atoms with E-state index in [0.717, 1.165) is 16.8 Å². The number of aromatic carboxylic acids is 1. The minimum Gasteiger partial charge on any atom is -0.493 e. The van der Waals surface area contributed by atoms with Gasteiger partial charge in [0, 0.05) is 0 Å². The van der Waals surface area contributed by atoms with Gasteiger partial charge in [0.2, 0.25) is 0 Å². The van der Waals surface area contributed by atoms with Crippen LogP contribution in [0.25, 0.3) is 6.08 Å². The molecule has 1 aliphatic heterocycles. The van der Waals surface area contributed by atoms with Crippen LogP contribution in [0.2, 0.25) is 0 Å². The highest BCUT2D eigenvalue weighted by molar-refractivity contribution is 8.26. The zero-order valence-corrected chi connectivity index (χ0v) is 16.4. The van der Waals surface area contributed by atoms with Crippen molar-refractivity contribution in [1.29, 1.82) is 0 Å². The predicted molar refractivity (Wildman–Crippen MR) is 108 cm³/mol. The Kier molecular flexibility index (Phi) is 5.81. The zero-order valence-electron chi connectivity index (χ0n) is 14.7. The van der Waals surface area contributed by atoms with Crippen LogP contribution in [-0.4, -0.2) is 46.7 Å². The van der Waals surface area contributed by atoms with Crippen LogP contribution in [0.4, 0.5) is 0 Å². The van der Waals surface area contributed by atoms with Gasteiger partial charge in [-0.2, -0.15) is 10.1 Å². The van der Waals surface area contributed by atoms with Crippen LogP contribution < -0.4 is 9.47 Å². The summed E-state index contributed by atoms with van der Waals surface area (Å²) in [6.07, 6.45) is 4.29. The lowest BCUT2D eigenvalue weighted by Gasteiger charge is -2.12. The number of benzene rings is 1. The van der Waals surface area contributed by atoms with Gasteiger partial charge >= 0.3 is 5.97 Å². The highest BCUT2D eigenvalue weighted by atomic mass is 32.2. The number of carbonyl (C=O) groups is 2. The van der Waals surface area contributed by atoms with Crippen molar-refractivity contribution >= 4 is 52.5 Å². The average Bonchev–Trinajstić information content (AvgIpc) is 3.28. The van der Waals surface area contributed by atoms with Crippen molar-refractivity contribution in [3.05, 3.63) is 52.3 Å². The fourth-order valence-electron chi connectivity index (χ4n) is 2.46. The molecule has 0 spiro atoms. The third kappa shape index (κ3) is 3.78. The Labute approximate surface area is 169 Å². The molecular weight excluding hydrogens is 404 g/mol. The number of thiocarbonyl (C=S) groups is 1. The Balaban J connectivity index is 1.97. The van der Waals surface area contributed by atoms with Crippen molar-refractivity contribution in [3.8, 4) is 11.5 Å². The third-order valence-corrected chi connectivity index (χ3v) is 4.98. The van der Waals surface area contributed by atoms with Crippen LogP contribution in [0.1, 0.15) is 21.7 Å². The van der Waals surface area contributed by atoms with Crippen molar-refractivity contribution in [2.45, 2.75) is 0 Å². The zero-order chi connectivity index (χ0) is 20.3. The summed E-state index contributed by atoms with van der Waals surface area (Å²) in [5, 5.41) is 14.7. The molecule has 1 saturated heterocycles. The van der Waals surface area contributed by atoms with Crippen LogP contribution >= 0.6 is 24.0 Å². The van der Waals surface area contributed by atoms with E-state index in [9.17, 15) is 14.7 Å². The highest BCUT2D eigenvalue weighted by Crippen LogP contribution is 2.37. The second-order valence-corrected chi connectivity index (χ2v) is 7.00. The monoisotopic (exact) mass is 418 g/mol. The molecule has 1 N–H and O–H groups in total. The Morgan fingerprint density at radius 3 is 2.71 bits per heavy atom. The Morgan fingerprint density at radius 1 is 1.32 bits per heavy atom.